The molecule has 32 heavy (non-hydrogen) atoms. The van der Waals surface area contributed by atoms with Crippen molar-refractivity contribution in [3.05, 3.63) is 59.5 Å². The lowest BCUT2D eigenvalue weighted by atomic mass is 9.86. The van der Waals surface area contributed by atoms with Gasteiger partial charge >= 0.3 is 0 Å². The Balaban J connectivity index is 0.00000363. The van der Waals surface area contributed by atoms with Crippen molar-refractivity contribution < 1.29 is 9.21 Å². The van der Waals surface area contributed by atoms with Crippen LogP contribution in [0.4, 0.5) is 0 Å². The molecule has 1 aromatic carbocycles. The fourth-order valence-corrected chi connectivity index (χ4v) is 4.03. The zero-order valence-corrected chi connectivity index (χ0v) is 21.8. The third kappa shape index (κ3) is 8.15. The number of hydrogen-bond donors (Lipinski definition) is 2. The Hall–Kier alpha value is -2.03. The van der Waals surface area contributed by atoms with E-state index in [9.17, 15) is 4.79 Å². The highest BCUT2D eigenvalue weighted by Gasteiger charge is 2.22. The number of aliphatic imine (C=N–C) groups is 1. The van der Waals surface area contributed by atoms with Crippen LogP contribution in [0.1, 0.15) is 54.3 Å². The molecule has 1 aromatic heterocycles. The van der Waals surface area contributed by atoms with E-state index in [1.807, 2.05) is 30.3 Å². The van der Waals surface area contributed by atoms with Gasteiger partial charge in [0.05, 0.1) is 6.26 Å². The van der Waals surface area contributed by atoms with Gasteiger partial charge in [-0.3, -0.25) is 9.79 Å². The molecule has 1 saturated carbocycles. The van der Waals surface area contributed by atoms with Crippen molar-refractivity contribution >= 4 is 35.8 Å². The molecule has 2 N–H and O–H groups in total. The molecular formula is C25H37IN4O2. The highest BCUT2D eigenvalue weighted by Crippen LogP contribution is 2.23. The molecule has 1 aliphatic carbocycles. The molecule has 2 aromatic rings. The molecule has 0 aliphatic heterocycles. The topological polar surface area (TPSA) is 69.9 Å². The zero-order valence-electron chi connectivity index (χ0n) is 19.5. The Bertz CT molecular complexity index is 851. The van der Waals surface area contributed by atoms with Crippen molar-refractivity contribution in [3.63, 3.8) is 0 Å². The standard InChI is InChI=1S/C25H36N4O2.HI/c1-19-8-4-5-12-23(19)28-25(27-16-14-22-11-7-17-31-22)26-15-13-20-9-6-10-21(18-20)24(30)29(2)3;/h6-7,9-11,17-19,23H,4-5,8,12-16H2,1-3H3,(H2,26,27,28);1H. The molecule has 6 nitrogen and oxygen atoms in total. The van der Waals surface area contributed by atoms with Crippen LogP contribution in [0.25, 0.3) is 0 Å². The van der Waals surface area contributed by atoms with Crippen LogP contribution in [0, 0.1) is 5.92 Å². The van der Waals surface area contributed by atoms with E-state index in [1.54, 1.807) is 25.3 Å². The van der Waals surface area contributed by atoms with E-state index in [1.165, 1.54) is 25.7 Å². The predicted molar refractivity (Wildman–Crippen MR) is 141 cm³/mol. The number of carbonyl (C=O) groups excluding carboxylic acids is 1. The molecule has 1 amide bonds. The van der Waals surface area contributed by atoms with Crippen LogP contribution in [-0.2, 0) is 12.8 Å². The van der Waals surface area contributed by atoms with E-state index in [0.717, 1.165) is 42.2 Å². The molecule has 2 unspecified atom stereocenters. The molecule has 1 fully saturated rings. The second kappa shape index (κ2) is 13.5. The summed E-state index contributed by atoms with van der Waals surface area (Å²) in [5, 5.41) is 7.16. The summed E-state index contributed by atoms with van der Waals surface area (Å²) in [7, 11) is 3.56. The second-order valence-corrected chi connectivity index (χ2v) is 8.65. The molecule has 3 rings (SSSR count). The zero-order chi connectivity index (χ0) is 22.1. The van der Waals surface area contributed by atoms with Crippen LogP contribution < -0.4 is 10.6 Å². The molecule has 0 radical (unpaired) electrons. The second-order valence-electron chi connectivity index (χ2n) is 8.65. The summed E-state index contributed by atoms with van der Waals surface area (Å²) in [6.07, 6.45) is 8.37. The Morgan fingerprint density at radius 2 is 1.97 bits per heavy atom. The van der Waals surface area contributed by atoms with Gasteiger partial charge in [-0.25, -0.2) is 0 Å². The number of amides is 1. The lowest BCUT2D eigenvalue weighted by Crippen LogP contribution is -2.47. The minimum Gasteiger partial charge on any atom is -0.469 e. The fourth-order valence-electron chi connectivity index (χ4n) is 4.03. The van der Waals surface area contributed by atoms with Gasteiger partial charge in [0.1, 0.15) is 5.76 Å². The summed E-state index contributed by atoms with van der Waals surface area (Å²) in [6.45, 7) is 3.76. The number of nitrogens with zero attached hydrogens (tertiary/aromatic N) is 2. The van der Waals surface area contributed by atoms with E-state index >= 15 is 0 Å². The summed E-state index contributed by atoms with van der Waals surface area (Å²) < 4.78 is 5.43. The van der Waals surface area contributed by atoms with Gasteiger partial charge in [-0.2, -0.15) is 0 Å². The van der Waals surface area contributed by atoms with E-state index in [4.69, 9.17) is 9.41 Å². The Morgan fingerprint density at radius 1 is 1.16 bits per heavy atom. The number of carbonyl (C=O) groups is 1. The summed E-state index contributed by atoms with van der Waals surface area (Å²) in [4.78, 5) is 18.6. The normalized spacial score (nSPS) is 18.5. The maximum absolute atomic E-state index is 12.2. The first-order valence-electron chi connectivity index (χ1n) is 11.4. The van der Waals surface area contributed by atoms with Crippen LogP contribution >= 0.6 is 24.0 Å². The largest absolute Gasteiger partial charge is 0.469 e. The highest BCUT2D eigenvalue weighted by atomic mass is 127. The molecule has 0 spiro atoms. The highest BCUT2D eigenvalue weighted by molar-refractivity contribution is 14.0. The Morgan fingerprint density at radius 3 is 2.69 bits per heavy atom. The van der Waals surface area contributed by atoms with Crippen molar-refractivity contribution in [2.24, 2.45) is 10.9 Å². The maximum Gasteiger partial charge on any atom is 0.253 e. The van der Waals surface area contributed by atoms with Crippen LogP contribution in [0.3, 0.4) is 0 Å². The van der Waals surface area contributed by atoms with Crippen molar-refractivity contribution in [2.45, 2.75) is 51.5 Å². The van der Waals surface area contributed by atoms with Crippen molar-refractivity contribution in [1.82, 2.24) is 15.5 Å². The minimum absolute atomic E-state index is 0. The number of benzene rings is 1. The molecule has 0 saturated heterocycles. The minimum atomic E-state index is 0. The van der Waals surface area contributed by atoms with Crippen molar-refractivity contribution in [2.75, 3.05) is 27.2 Å². The molecular weight excluding hydrogens is 515 g/mol. The Kier molecular flexibility index (Phi) is 11.1. The number of hydrogen-bond acceptors (Lipinski definition) is 3. The third-order valence-corrected chi connectivity index (χ3v) is 5.93. The summed E-state index contributed by atoms with van der Waals surface area (Å²) in [6, 6.07) is 12.2. The maximum atomic E-state index is 12.2. The predicted octanol–water partition coefficient (Wildman–Crippen LogP) is 4.50. The van der Waals surface area contributed by atoms with Crippen LogP contribution in [0.2, 0.25) is 0 Å². The third-order valence-electron chi connectivity index (χ3n) is 5.93. The first-order valence-corrected chi connectivity index (χ1v) is 11.4. The van der Waals surface area contributed by atoms with Gasteiger partial charge in [0.2, 0.25) is 0 Å². The molecule has 1 aliphatic rings. The van der Waals surface area contributed by atoms with E-state index in [-0.39, 0.29) is 29.9 Å². The number of rotatable bonds is 8. The Labute approximate surface area is 209 Å². The SMILES string of the molecule is CC1CCCCC1NC(=NCCc1ccco1)NCCc1cccc(C(=O)N(C)C)c1.I. The number of nitrogens with one attached hydrogen (secondary N) is 2. The average molecular weight is 553 g/mol. The molecule has 0 bridgehead atoms. The van der Waals surface area contributed by atoms with Gasteiger partial charge in [0.25, 0.3) is 5.91 Å². The monoisotopic (exact) mass is 552 g/mol. The molecule has 1 heterocycles. The lowest BCUT2D eigenvalue weighted by molar-refractivity contribution is 0.0827. The summed E-state index contributed by atoms with van der Waals surface area (Å²) >= 11 is 0. The lowest BCUT2D eigenvalue weighted by Gasteiger charge is -2.31. The van der Waals surface area contributed by atoms with Gasteiger partial charge in [-0.05, 0) is 55.0 Å². The quantitative estimate of drug-likeness (QED) is 0.288. The fraction of sp³-hybridized carbons (Fsp3) is 0.520. The van der Waals surface area contributed by atoms with Gasteiger partial charge in [-0.1, -0.05) is 31.9 Å². The van der Waals surface area contributed by atoms with E-state index in [0.29, 0.717) is 18.5 Å². The number of furan rings is 1. The first kappa shape index (κ1) is 26.2. The number of halogens is 1. The van der Waals surface area contributed by atoms with E-state index < -0.39 is 0 Å². The van der Waals surface area contributed by atoms with Gasteiger partial charge in [0.15, 0.2) is 5.96 Å². The van der Waals surface area contributed by atoms with Gasteiger partial charge in [0, 0.05) is 45.2 Å². The van der Waals surface area contributed by atoms with Gasteiger partial charge in [-0.15, -0.1) is 24.0 Å². The number of guanidine groups is 1. The summed E-state index contributed by atoms with van der Waals surface area (Å²) in [5.41, 5.74) is 1.87. The van der Waals surface area contributed by atoms with E-state index in [2.05, 4.69) is 23.6 Å². The molecule has 176 valence electrons. The summed E-state index contributed by atoms with van der Waals surface area (Å²) in [5.74, 6) is 2.50. The van der Waals surface area contributed by atoms with Crippen molar-refractivity contribution in [1.29, 1.82) is 0 Å². The first-order chi connectivity index (χ1) is 15.0. The van der Waals surface area contributed by atoms with Crippen LogP contribution in [0.15, 0.2) is 52.1 Å². The van der Waals surface area contributed by atoms with Gasteiger partial charge < -0.3 is 20.0 Å². The van der Waals surface area contributed by atoms with Crippen LogP contribution in [0.5, 0.6) is 0 Å². The molecule has 7 heteroatoms. The molecule has 2 atom stereocenters. The smallest absolute Gasteiger partial charge is 0.253 e. The van der Waals surface area contributed by atoms with Crippen LogP contribution in [-0.4, -0.2) is 50.0 Å². The average Bonchev–Trinajstić information content (AvgIpc) is 3.28. The van der Waals surface area contributed by atoms with Crippen molar-refractivity contribution in [3.8, 4) is 0 Å².